The lowest BCUT2D eigenvalue weighted by Crippen LogP contribution is -2.59. The van der Waals surface area contributed by atoms with E-state index < -0.39 is 0 Å². The summed E-state index contributed by atoms with van der Waals surface area (Å²) in [5.41, 5.74) is 0. The minimum Gasteiger partial charge on any atom is -0.375 e. The first-order valence-electron chi connectivity index (χ1n) is 6.35. The number of hydrogen-bond acceptors (Lipinski definition) is 3. The Morgan fingerprint density at radius 2 is 2.20 bits per heavy atom. The molecular formula is C12H24N2O. The molecule has 0 amide bonds. The van der Waals surface area contributed by atoms with Crippen molar-refractivity contribution in [2.45, 2.75) is 38.3 Å². The third-order valence-corrected chi connectivity index (χ3v) is 3.70. The molecule has 0 aromatic heterocycles. The molecule has 0 N–H and O–H groups in total. The summed E-state index contributed by atoms with van der Waals surface area (Å²) in [5, 5.41) is 0. The molecule has 0 bridgehead atoms. The van der Waals surface area contributed by atoms with E-state index in [1.54, 1.807) is 0 Å². The summed E-state index contributed by atoms with van der Waals surface area (Å²) in [7, 11) is 2.23. The zero-order valence-electron chi connectivity index (χ0n) is 10.1. The quantitative estimate of drug-likeness (QED) is 0.699. The second-order valence-corrected chi connectivity index (χ2v) is 4.92. The molecule has 2 heterocycles. The molecule has 0 aromatic rings. The fourth-order valence-electron chi connectivity index (χ4n) is 2.74. The molecule has 0 saturated carbocycles. The van der Waals surface area contributed by atoms with Crippen molar-refractivity contribution in [3.8, 4) is 0 Å². The van der Waals surface area contributed by atoms with E-state index in [9.17, 15) is 0 Å². The van der Waals surface area contributed by atoms with Gasteiger partial charge < -0.3 is 9.64 Å². The van der Waals surface area contributed by atoms with Crippen molar-refractivity contribution in [2.75, 3.05) is 39.8 Å². The number of piperidine rings is 1. The molecule has 88 valence electrons. The standard InChI is InChI=1S/C12H24N2O/c1-3-4-6-14-8-9-15-12-5-7-13(2)10-11(12)14/h11-12H,3-10H2,1-2H3/t11-,12-/m0/s1. The minimum absolute atomic E-state index is 0.506. The molecule has 0 unspecified atom stereocenters. The molecule has 3 nitrogen and oxygen atoms in total. The second kappa shape index (κ2) is 5.28. The zero-order valence-corrected chi connectivity index (χ0v) is 10.1. The SMILES string of the molecule is CCCCN1CCO[C@H]2CCN(C)C[C@@H]21. The number of unbranched alkanes of at least 4 members (excludes halogenated alkanes) is 1. The van der Waals surface area contributed by atoms with Crippen molar-refractivity contribution >= 4 is 0 Å². The molecule has 15 heavy (non-hydrogen) atoms. The number of fused-ring (bicyclic) bond motifs is 1. The first kappa shape index (κ1) is 11.4. The van der Waals surface area contributed by atoms with Gasteiger partial charge in [-0.05, 0) is 26.4 Å². The Hall–Kier alpha value is -0.120. The van der Waals surface area contributed by atoms with Gasteiger partial charge in [-0.1, -0.05) is 13.3 Å². The van der Waals surface area contributed by atoms with E-state index in [4.69, 9.17) is 4.74 Å². The number of ether oxygens (including phenoxy) is 1. The predicted molar refractivity (Wildman–Crippen MR) is 62.1 cm³/mol. The maximum atomic E-state index is 5.87. The molecule has 0 spiro atoms. The van der Waals surface area contributed by atoms with Crippen LogP contribution < -0.4 is 0 Å². The van der Waals surface area contributed by atoms with Crippen molar-refractivity contribution in [1.82, 2.24) is 9.80 Å². The molecule has 2 rings (SSSR count). The van der Waals surface area contributed by atoms with Crippen LogP contribution in [-0.4, -0.2) is 61.8 Å². The van der Waals surface area contributed by atoms with Gasteiger partial charge in [0, 0.05) is 25.7 Å². The third kappa shape index (κ3) is 2.71. The van der Waals surface area contributed by atoms with E-state index in [0.717, 1.165) is 13.2 Å². The number of likely N-dealkylation sites (tertiary alicyclic amines) is 1. The normalized spacial score (nSPS) is 34.0. The van der Waals surface area contributed by atoms with Crippen molar-refractivity contribution in [3.05, 3.63) is 0 Å². The molecule has 2 aliphatic rings. The van der Waals surface area contributed by atoms with Crippen molar-refractivity contribution in [3.63, 3.8) is 0 Å². The summed E-state index contributed by atoms with van der Waals surface area (Å²) in [6.07, 6.45) is 4.34. The average molecular weight is 212 g/mol. The highest BCUT2D eigenvalue weighted by molar-refractivity contribution is 4.90. The van der Waals surface area contributed by atoms with Crippen LogP contribution in [0.2, 0.25) is 0 Å². The van der Waals surface area contributed by atoms with E-state index in [0.29, 0.717) is 12.1 Å². The first-order chi connectivity index (χ1) is 7.31. The predicted octanol–water partition coefficient (Wildman–Crippen LogP) is 1.19. The van der Waals surface area contributed by atoms with Gasteiger partial charge in [-0.2, -0.15) is 0 Å². The van der Waals surface area contributed by atoms with Gasteiger partial charge in [0.05, 0.1) is 12.7 Å². The molecule has 2 saturated heterocycles. The Morgan fingerprint density at radius 1 is 1.33 bits per heavy atom. The summed E-state index contributed by atoms with van der Waals surface area (Å²) in [6.45, 7) is 7.99. The number of hydrogen-bond donors (Lipinski definition) is 0. The molecule has 0 radical (unpaired) electrons. The maximum absolute atomic E-state index is 5.87. The van der Waals surface area contributed by atoms with Gasteiger partial charge in [-0.3, -0.25) is 4.90 Å². The summed E-state index contributed by atoms with van der Waals surface area (Å²) >= 11 is 0. The molecule has 0 aromatic carbocycles. The van der Waals surface area contributed by atoms with Crippen molar-refractivity contribution in [2.24, 2.45) is 0 Å². The van der Waals surface area contributed by atoms with Crippen LogP contribution in [0.4, 0.5) is 0 Å². The van der Waals surface area contributed by atoms with Crippen LogP contribution in [-0.2, 0) is 4.74 Å². The van der Waals surface area contributed by atoms with Gasteiger partial charge in [-0.25, -0.2) is 0 Å². The molecule has 2 fully saturated rings. The third-order valence-electron chi connectivity index (χ3n) is 3.70. The molecule has 2 atom stereocenters. The highest BCUT2D eigenvalue weighted by Gasteiger charge is 2.35. The van der Waals surface area contributed by atoms with Crippen LogP contribution in [0.1, 0.15) is 26.2 Å². The summed E-state index contributed by atoms with van der Waals surface area (Å²) in [5.74, 6) is 0. The van der Waals surface area contributed by atoms with Crippen LogP contribution in [0.3, 0.4) is 0 Å². The minimum atomic E-state index is 0.506. The van der Waals surface area contributed by atoms with Gasteiger partial charge in [0.15, 0.2) is 0 Å². The maximum Gasteiger partial charge on any atom is 0.0755 e. The fourth-order valence-corrected chi connectivity index (χ4v) is 2.74. The van der Waals surface area contributed by atoms with Gasteiger partial charge in [0.25, 0.3) is 0 Å². The molecule has 0 aliphatic carbocycles. The highest BCUT2D eigenvalue weighted by Crippen LogP contribution is 2.22. The lowest BCUT2D eigenvalue weighted by Gasteiger charge is -2.46. The van der Waals surface area contributed by atoms with Gasteiger partial charge in [0.1, 0.15) is 0 Å². The van der Waals surface area contributed by atoms with Gasteiger partial charge in [-0.15, -0.1) is 0 Å². The topological polar surface area (TPSA) is 15.7 Å². The van der Waals surface area contributed by atoms with Crippen LogP contribution in [0, 0.1) is 0 Å². The summed E-state index contributed by atoms with van der Waals surface area (Å²) in [4.78, 5) is 5.09. The number of likely N-dealkylation sites (N-methyl/N-ethyl adjacent to an activating group) is 1. The lowest BCUT2D eigenvalue weighted by atomic mass is 9.99. The van der Waals surface area contributed by atoms with Crippen LogP contribution in [0.5, 0.6) is 0 Å². The number of nitrogens with zero attached hydrogens (tertiary/aromatic N) is 2. The van der Waals surface area contributed by atoms with Crippen molar-refractivity contribution < 1.29 is 4.74 Å². The average Bonchev–Trinajstić information content (AvgIpc) is 2.26. The van der Waals surface area contributed by atoms with Crippen LogP contribution in [0.15, 0.2) is 0 Å². The molecule has 2 aliphatic heterocycles. The first-order valence-corrected chi connectivity index (χ1v) is 6.35. The van der Waals surface area contributed by atoms with Crippen LogP contribution >= 0.6 is 0 Å². The van der Waals surface area contributed by atoms with Crippen molar-refractivity contribution in [1.29, 1.82) is 0 Å². The second-order valence-electron chi connectivity index (χ2n) is 4.92. The Bertz CT molecular complexity index is 198. The van der Waals surface area contributed by atoms with Gasteiger partial charge >= 0.3 is 0 Å². The van der Waals surface area contributed by atoms with E-state index in [-0.39, 0.29) is 0 Å². The molecular weight excluding hydrogens is 188 g/mol. The highest BCUT2D eigenvalue weighted by atomic mass is 16.5. The molecule has 3 heteroatoms. The number of rotatable bonds is 3. The Kier molecular flexibility index (Phi) is 4.00. The smallest absolute Gasteiger partial charge is 0.0755 e. The van der Waals surface area contributed by atoms with E-state index in [1.807, 2.05) is 0 Å². The monoisotopic (exact) mass is 212 g/mol. The Morgan fingerprint density at radius 3 is 3.00 bits per heavy atom. The van der Waals surface area contributed by atoms with Gasteiger partial charge in [0.2, 0.25) is 0 Å². The van der Waals surface area contributed by atoms with E-state index in [2.05, 4.69) is 23.8 Å². The number of morpholine rings is 1. The van der Waals surface area contributed by atoms with Crippen LogP contribution in [0.25, 0.3) is 0 Å². The van der Waals surface area contributed by atoms with E-state index >= 15 is 0 Å². The summed E-state index contributed by atoms with van der Waals surface area (Å²) in [6, 6.07) is 0.657. The van der Waals surface area contributed by atoms with E-state index in [1.165, 1.54) is 38.9 Å². The largest absolute Gasteiger partial charge is 0.375 e. The Labute approximate surface area is 93.4 Å². The Balaban J connectivity index is 1.91. The fraction of sp³-hybridized carbons (Fsp3) is 1.00. The zero-order chi connectivity index (χ0) is 10.7. The summed E-state index contributed by atoms with van der Waals surface area (Å²) < 4.78 is 5.87. The lowest BCUT2D eigenvalue weighted by molar-refractivity contribution is -0.0997.